The molecule has 0 radical (unpaired) electrons. The molecule has 0 aliphatic carbocycles. The summed E-state index contributed by atoms with van der Waals surface area (Å²) in [5.74, 6) is -10.8. The first-order valence-corrected chi connectivity index (χ1v) is 7.91. The van der Waals surface area contributed by atoms with Gasteiger partial charge in [0, 0.05) is 5.56 Å². The van der Waals surface area contributed by atoms with Crippen LogP contribution in [0.5, 0.6) is 0 Å². The largest absolute Gasteiger partial charge is 0.300 e. The van der Waals surface area contributed by atoms with E-state index in [9.17, 15) is 26.7 Å². The van der Waals surface area contributed by atoms with Gasteiger partial charge in [0.15, 0.2) is 27.6 Å². The van der Waals surface area contributed by atoms with E-state index >= 15 is 0 Å². The fourth-order valence-corrected chi connectivity index (χ4v) is 3.24. The Kier molecular flexibility index (Phi) is 5.52. The van der Waals surface area contributed by atoms with Crippen molar-refractivity contribution >= 4 is 34.1 Å². The predicted molar refractivity (Wildman–Crippen MR) is 74.9 cm³/mol. The van der Waals surface area contributed by atoms with Crippen LogP contribution in [0.3, 0.4) is 0 Å². The molecule has 0 saturated carbocycles. The second kappa shape index (κ2) is 7.21. The number of nitrogens with zero attached hydrogens (tertiary/aromatic N) is 2. The Balaban J connectivity index is 2.17. The van der Waals surface area contributed by atoms with Crippen LogP contribution < -0.4 is 5.32 Å². The van der Waals surface area contributed by atoms with Gasteiger partial charge in [0.05, 0.1) is 6.42 Å². The van der Waals surface area contributed by atoms with E-state index in [1.165, 1.54) is 11.8 Å². The standard InChI is InChI=1S/C12H8F5N3OS2/c1-2-22-12-20-19-11(23-12)18-5(21)3-4-6(13)8(15)10(17)9(16)7(4)14/h2-3H2,1H3,(H,18,19,21). The summed E-state index contributed by atoms with van der Waals surface area (Å²) >= 11 is 2.40. The molecule has 1 heterocycles. The van der Waals surface area contributed by atoms with Crippen LogP contribution in [-0.4, -0.2) is 21.9 Å². The van der Waals surface area contributed by atoms with Crippen LogP contribution >= 0.6 is 23.1 Å². The maximum Gasteiger partial charge on any atom is 0.230 e. The van der Waals surface area contributed by atoms with Gasteiger partial charge in [-0.25, -0.2) is 22.0 Å². The predicted octanol–water partition coefficient (Wildman–Crippen LogP) is 3.53. The lowest BCUT2D eigenvalue weighted by Gasteiger charge is -2.07. The highest BCUT2D eigenvalue weighted by Gasteiger charge is 2.27. The molecule has 2 rings (SSSR count). The minimum absolute atomic E-state index is 0.0646. The number of carbonyl (C=O) groups excluding carboxylic acids is 1. The van der Waals surface area contributed by atoms with Crippen molar-refractivity contribution in [1.29, 1.82) is 0 Å². The Morgan fingerprint density at radius 2 is 1.61 bits per heavy atom. The number of carbonyl (C=O) groups is 1. The van der Waals surface area contributed by atoms with Crippen molar-refractivity contribution in [3.63, 3.8) is 0 Å². The molecule has 0 aliphatic heterocycles. The molecule has 1 amide bonds. The minimum atomic E-state index is -2.27. The molecule has 1 aromatic heterocycles. The van der Waals surface area contributed by atoms with Gasteiger partial charge in [-0.05, 0) is 5.75 Å². The number of thioether (sulfide) groups is 1. The molecule has 1 aromatic carbocycles. The Morgan fingerprint density at radius 3 is 2.17 bits per heavy atom. The van der Waals surface area contributed by atoms with Crippen LogP contribution in [0.25, 0.3) is 0 Å². The van der Waals surface area contributed by atoms with Crippen molar-refractivity contribution in [3.05, 3.63) is 34.6 Å². The van der Waals surface area contributed by atoms with Crippen molar-refractivity contribution in [1.82, 2.24) is 10.2 Å². The first-order valence-electron chi connectivity index (χ1n) is 6.11. The SMILES string of the molecule is CCSc1nnc(NC(=O)Cc2c(F)c(F)c(F)c(F)c2F)s1. The number of halogens is 5. The molecule has 11 heteroatoms. The summed E-state index contributed by atoms with van der Waals surface area (Å²) in [5.41, 5.74) is -1.20. The summed E-state index contributed by atoms with van der Waals surface area (Å²) in [4.78, 5) is 11.7. The van der Waals surface area contributed by atoms with E-state index in [4.69, 9.17) is 0 Å². The Morgan fingerprint density at radius 1 is 1.04 bits per heavy atom. The lowest BCUT2D eigenvalue weighted by atomic mass is 10.1. The monoisotopic (exact) mass is 369 g/mol. The van der Waals surface area contributed by atoms with Gasteiger partial charge in [-0.3, -0.25) is 4.79 Å². The zero-order valence-electron chi connectivity index (χ0n) is 11.4. The first-order chi connectivity index (χ1) is 10.8. The van der Waals surface area contributed by atoms with E-state index in [0.717, 1.165) is 17.1 Å². The van der Waals surface area contributed by atoms with Crippen molar-refractivity contribution in [2.75, 3.05) is 11.1 Å². The van der Waals surface area contributed by atoms with Crippen LogP contribution in [0.1, 0.15) is 12.5 Å². The average molecular weight is 369 g/mol. The zero-order chi connectivity index (χ0) is 17.1. The van der Waals surface area contributed by atoms with Gasteiger partial charge >= 0.3 is 0 Å². The quantitative estimate of drug-likeness (QED) is 0.288. The number of amides is 1. The molecular formula is C12H8F5N3OS2. The maximum absolute atomic E-state index is 13.5. The van der Waals surface area contributed by atoms with Gasteiger partial charge in [-0.15, -0.1) is 10.2 Å². The minimum Gasteiger partial charge on any atom is -0.300 e. The van der Waals surface area contributed by atoms with Gasteiger partial charge in [0.25, 0.3) is 0 Å². The Hall–Kier alpha value is -1.75. The molecule has 4 nitrogen and oxygen atoms in total. The zero-order valence-corrected chi connectivity index (χ0v) is 13.1. The summed E-state index contributed by atoms with van der Waals surface area (Å²) in [7, 11) is 0. The fraction of sp³-hybridized carbons (Fsp3) is 0.250. The van der Waals surface area contributed by atoms with Gasteiger partial charge in [-0.2, -0.15) is 0 Å². The molecule has 0 saturated heterocycles. The highest BCUT2D eigenvalue weighted by molar-refractivity contribution is 8.01. The Labute approximate surface area is 135 Å². The smallest absolute Gasteiger partial charge is 0.230 e. The lowest BCUT2D eigenvalue weighted by Crippen LogP contribution is -2.18. The number of hydrogen-bond acceptors (Lipinski definition) is 5. The molecule has 0 aliphatic rings. The number of rotatable bonds is 5. The van der Waals surface area contributed by atoms with Gasteiger partial charge < -0.3 is 5.32 Å². The van der Waals surface area contributed by atoms with Crippen LogP contribution in [-0.2, 0) is 11.2 Å². The molecular weight excluding hydrogens is 361 g/mol. The van der Waals surface area contributed by atoms with E-state index < -0.39 is 47.0 Å². The number of nitrogens with one attached hydrogen (secondary N) is 1. The average Bonchev–Trinajstić information content (AvgIpc) is 2.95. The lowest BCUT2D eigenvalue weighted by molar-refractivity contribution is -0.115. The third kappa shape index (κ3) is 3.78. The van der Waals surface area contributed by atoms with E-state index in [2.05, 4.69) is 15.5 Å². The maximum atomic E-state index is 13.5. The van der Waals surface area contributed by atoms with Gasteiger partial charge in [0.2, 0.25) is 16.9 Å². The van der Waals surface area contributed by atoms with Crippen molar-refractivity contribution in [2.45, 2.75) is 17.7 Å². The molecule has 0 spiro atoms. The van der Waals surface area contributed by atoms with E-state index in [-0.39, 0.29) is 5.13 Å². The topological polar surface area (TPSA) is 54.9 Å². The number of hydrogen-bond donors (Lipinski definition) is 1. The van der Waals surface area contributed by atoms with Crippen LogP contribution in [0.4, 0.5) is 27.1 Å². The highest BCUT2D eigenvalue weighted by Crippen LogP contribution is 2.26. The highest BCUT2D eigenvalue weighted by atomic mass is 32.2. The second-order valence-corrected chi connectivity index (χ2v) is 6.57. The fourth-order valence-electron chi connectivity index (χ4n) is 1.57. The molecule has 0 bridgehead atoms. The van der Waals surface area contributed by atoms with Gasteiger partial charge in [0.1, 0.15) is 0 Å². The van der Waals surface area contributed by atoms with Crippen molar-refractivity contribution in [3.8, 4) is 0 Å². The second-order valence-electron chi connectivity index (χ2n) is 4.08. The molecule has 0 fully saturated rings. The normalized spacial score (nSPS) is 10.9. The summed E-state index contributed by atoms with van der Waals surface area (Å²) in [6.07, 6.45) is -1.03. The van der Waals surface area contributed by atoms with Crippen molar-refractivity contribution < 1.29 is 26.7 Å². The molecule has 1 N–H and O–H groups in total. The first kappa shape index (κ1) is 17.6. The third-order valence-corrected chi connectivity index (χ3v) is 4.41. The number of aromatic nitrogens is 2. The Bertz CT molecular complexity index is 724. The molecule has 124 valence electrons. The summed E-state index contributed by atoms with van der Waals surface area (Å²) in [5, 5.41) is 9.63. The number of benzene rings is 1. The molecule has 0 atom stereocenters. The van der Waals surface area contributed by atoms with Crippen LogP contribution in [0.2, 0.25) is 0 Å². The summed E-state index contributed by atoms with van der Waals surface area (Å²) < 4.78 is 66.5. The summed E-state index contributed by atoms with van der Waals surface area (Å²) in [6.45, 7) is 1.88. The molecule has 0 unspecified atom stereocenters. The van der Waals surface area contributed by atoms with E-state index in [0.29, 0.717) is 4.34 Å². The summed E-state index contributed by atoms with van der Waals surface area (Å²) in [6, 6.07) is 0. The molecule has 23 heavy (non-hydrogen) atoms. The van der Waals surface area contributed by atoms with Crippen LogP contribution in [0, 0.1) is 29.1 Å². The van der Waals surface area contributed by atoms with Crippen LogP contribution in [0.15, 0.2) is 4.34 Å². The van der Waals surface area contributed by atoms with E-state index in [1.807, 2.05) is 6.92 Å². The third-order valence-electron chi connectivity index (χ3n) is 2.56. The van der Waals surface area contributed by atoms with Gasteiger partial charge in [-0.1, -0.05) is 30.0 Å². The van der Waals surface area contributed by atoms with E-state index in [1.54, 1.807) is 0 Å². The molecule has 2 aromatic rings. The van der Waals surface area contributed by atoms with Crippen molar-refractivity contribution in [2.24, 2.45) is 0 Å². The number of anilines is 1.